The van der Waals surface area contributed by atoms with Crippen LogP contribution in [0.1, 0.15) is 33.6 Å². The first-order chi connectivity index (χ1) is 9.38. The lowest BCUT2D eigenvalue weighted by atomic mass is 9.93. The number of thioether (sulfide) groups is 1. The van der Waals surface area contributed by atoms with Crippen LogP contribution in [0.2, 0.25) is 0 Å². The topological polar surface area (TPSA) is 61.4 Å². The maximum atomic E-state index is 12.2. The maximum Gasteiger partial charge on any atom is 0.238 e. The molecule has 2 amide bonds. The van der Waals surface area contributed by atoms with Gasteiger partial charge in [-0.3, -0.25) is 14.9 Å². The van der Waals surface area contributed by atoms with Crippen molar-refractivity contribution in [3.63, 3.8) is 0 Å². The number of nitrogens with one attached hydrogen (secondary N) is 2. The molecule has 2 fully saturated rings. The van der Waals surface area contributed by atoms with E-state index in [1.807, 2.05) is 25.7 Å². The number of carbonyl (C=O) groups excluding carboxylic acids is 2. The molecule has 0 radical (unpaired) electrons. The van der Waals surface area contributed by atoms with Gasteiger partial charge in [0.2, 0.25) is 11.8 Å². The quantitative estimate of drug-likeness (QED) is 0.792. The first kappa shape index (κ1) is 15.6. The van der Waals surface area contributed by atoms with Crippen LogP contribution in [0.15, 0.2) is 0 Å². The predicted octanol–water partition coefficient (Wildman–Crippen LogP) is 0.802. The fourth-order valence-corrected chi connectivity index (χ4v) is 3.51. The number of carbonyl (C=O) groups is 2. The zero-order valence-corrected chi connectivity index (χ0v) is 13.4. The summed E-state index contributed by atoms with van der Waals surface area (Å²) in [7, 11) is 0. The molecule has 6 heteroatoms. The molecule has 0 spiro atoms. The van der Waals surface area contributed by atoms with E-state index in [4.69, 9.17) is 0 Å². The Morgan fingerprint density at radius 3 is 2.40 bits per heavy atom. The normalized spacial score (nSPS) is 24.8. The lowest BCUT2D eigenvalue weighted by molar-refractivity contribution is -0.140. The van der Waals surface area contributed by atoms with Gasteiger partial charge in [0.1, 0.15) is 0 Å². The van der Waals surface area contributed by atoms with Crippen molar-refractivity contribution in [2.45, 2.75) is 45.7 Å². The summed E-state index contributed by atoms with van der Waals surface area (Å²) >= 11 is 1.75. The van der Waals surface area contributed by atoms with Crippen LogP contribution in [-0.2, 0) is 9.59 Å². The van der Waals surface area contributed by atoms with E-state index in [1.54, 1.807) is 11.8 Å². The molecule has 2 saturated heterocycles. The van der Waals surface area contributed by atoms with Crippen LogP contribution in [0.25, 0.3) is 0 Å². The lowest BCUT2D eigenvalue weighted by Gasteiger charge is -2.36. The van der Waals surface area contributed by atoms with Gasteiger partial charge in [-0.25, -0.2) is 0 Å². The molecule has 2 heterocycles. The molecule has 0 bridgehead atoms. The Labute approximate surface area is 125 Å². The standard InChI is InChI=1S/C14H25N3O2S/c1-14(2,3)13(19)17-6-4-10(5-7-17)16-12(18)11-8-20-9-15-11/h10-11,15H,4-9H2,1-3H3,(H,16,18). The minimum Gasteiger partial charge on any atom is -0.352 e. The Balaban J connectivity index is 1.77. The van der Waals surface area contributed by atoms with E-state index in [-0.39, 0.29) is 29.3 Å². The zero-order chi connectivity index (χ0) is 14.8. The Morgan fingerprint density at radius 2 is 1.90 bits per heavy atom. The molecular weight excluding hydrogens is 274 g/mol. The third-order valence-electron chi connectivity index (χ3n) is 3.80. The number of amides is 2. The third-order valence-corrected chi connectivity index (χ3v) is 4.74. The molecular formula is C14H25N3O2S. The molecule has 114 valence electrons. The number of nitrogens with zero attached hydrogens (tertiary/aromatic N) is 1. The van der Waals surface area contributed by atoms with Gasteiger partial charge in [-0.1, -0.05) is 20.8 Å². The van der Waals surface area contributed by atoms with Gasteiger partial charge >= 0.3 is 0 Å². The maximum absolute atomic E-state index is 12.2. The molecule has 0 aliphatic carbocycles. The fourth-order valence-electron chi connectivity index (χ4n) is 2.57. The average molecular weight is 299 g/mol. The molecule has 0 saturated carbocycles. The third kappa shape index (κ3) is 3.88. The smallest absolute Gasteiger partial charge is 0.238 e. The monoisotopic (exact) mass is 299 g/mol. The summed E-state index contributed by atoms with van der Waals surface area (Å²) in [5.74, 6) is 2.02. The van der Waals surface area contributed by atoms with Crippen LogP contribution >= 0.6 is 11.8 Å². The zero-order valence-electron chi connectivity index (χ0n) is 12.6. The molecule has 1 unspecified atom stereocenters. The average Bonchev–Trinajstić information content (AvgIpc) is 2.91. The number of hydrogen-bond donors (Lipinski definition) is 2. The minimum atomic E-state index is -0.318. The Morgan fingerprint density at radius 1 is 1.25 bits per heavy atom. The van der Waals surface area contributed by atoms with E-state index >= 15 is 0 Å². The number of rotatable bonds is 2. The van der Waals surface area contributed by atoms with Gasteiger partial charge in [0, 0.05) is 36.2 Å². The van der Waals surface area contributed by atoms with Gasteiger partial charge < -0.3 is 10.2 Å². The Hall–Kier alpha value is -0.750. The molecule has 5 nitrogen and oxygen atoms in total. The van der Waals surface area contributed by atoms with Gasteiger partial charge in [0.15, 0.2) is 0 Å². The van der Waals surface area contributed by atoms with Crippen LogP contribution in [0.4, 0.5) is 0 Å². The van der Waals surface area contributed by atoms with Gasteiger partial charge in [0.05, 0.1) is 6.04 Å². The van der Waals surface area contributed by atoms with Crippen LogP contribution in [0, 0.1) is 5.41 Å². The lowest BCUT2D eigenvalue weighted by Crippen LogP contribution is -2.52. The predicted molar refractivity (Wildman–Crippen MR) is 81.4 cm³/mol. The van der Waals surface area contributed by atoms with Crippen molar-refractivity contribution in [3.05, 3.63) is 0 Å². The number of piperidine rings is 1. The van der Waals surface area contributed by atoms with Gasteiger partial charge in [-0.2, -0.15) is 0 Å². The van der Waals surface area contributed by atoms with Crippen molar-refractivity contribution in [1.29, 1.82) is 0 Å². The SMILES string of the molecule is CC(C)(C)C(=O)N1CCC(NC(=O)C2CSCN2)CC1. The summed E-state index contributed by atoms with van der Waals surface area (Å²) in [6.45, 7) is 7.34. The number of likely N-dealkylation sites (tertiary alicyclic amines) is 1. The van der Waals surface area contributed by atoms with Crippen molar-refractivity contribution in [3.8, 4) is 0 Å². The molecule has 20 heavy (non-hydrogen) atoms. The highest BCUT2D eigenvalue weighted by Crippen LogP contribution is 2.21. The van der Waals surface area contributed by atoms with Crippen LogP contribution in [0.5, 0.6) is 0 Å². The summed E-state index contributed by atoms with van der Waals surface area (Å²) in [6, 6.07) is 0.160. The van der Waals surface area contributed by atoms with Crippen LogP contribution in [0.3, 0.4) is 0 Å². The van der Waals surface area contributed by atoms with Crippen molar-refractivity contribution in [2.24, 2.45) is 5.41 Å². The van der Waals surface area contributed by atoms with Gasteiger partial charge in [0.25, 0.3) is 0 Å². The van der Waals surface area contributed by atoms with E-state index in [2.05, 4.69) is 10.6 Å². The first-order valence-corrected chi connectivity index (χ1v) is 8.44. The van der Waals surface area contributed by atoms with Crippen molar-refractivity contribution in [1.82, 2.24) is 15.5 Å². The molecule has 2 N–H and O–H groups in total. The highest BCUT2D eigenvalue weighted by molar-refractivity contribution is 7.99. The van der Waals surface area contributed by atoms with Gasteiger partial charge in [-0.05, 0) is 12.8 Å². The van der Waals surface area contributed by atoms with Crippen molar-refractivity contribution in [2.75, 3.05) is 24.7 Å². The van der Waals surface area contributed by atoms with Crippen LogP contribution in [-0.4, -0.2) is 53.5 Å². The van der Waals surface area contributed by atoms with Gasteiger partial charge in [-0.15, -0.1) is 11.8 Å². The minimum absolute atomic E-state index is 0.0470. The molecule has 2 aliphatic heterocycles. The summed E-state index contributed by atoms with van der Waals surface area (Å²) in [4.78, 5) is 26.1. The summed E-state index contributed by atoms with van der Waals surface area (Å²) in [5, 5.41) is 6.29. The van der Waals surface area contributed by atoms with Crippen molar-refractivity contribution < 1.29 is 9.59 Å². The molecule has 1 atom stereocenters. The second-order valence-electron chi connectivity index (χ2n) is 6.60. The Kier molecular flexibility index (Phi) is 4.96. The molecule has 0 aromatic rings. The summed E-state index contributed by atoms with van der Waals surface area (Å²) < 4.78 is 0. The van der Waals surface area contributed by atoms with Crippen LogP contribution < -0.4 is 10.6 Å². The summed E-state index contributed by atoms with van der Waals surface area (Å²) in [5.41, 5.74) is -0.318. The van der Waals surface area contributed by atoms with E-state index in [0.717, 1.165) is 37.6 Å². The van der Waals surface area contributed by atoms with E-state index < -0.39 is 0 Å². The largest absolute Gasteiger partial charge is 0.352 e. The second-order valence-corrected chi connectivity index (χ2v) is 7.63. The number of hydrogen-bond acceptors (Lipinski definition) is 4. The van der Waals surface area contributed by atoms with E-state index in [0.29, 0.717) is 0 Å². The highest BCUT2D eigenvalue weighted by Gasteiger charge is 2.31. The Bertz CT molecular complexity index is 367. The van der Waals surface area contributed by atoms with Crippen molar-refractivity contribution >= 4 is 23.6 Å². The first-order valence-electron chi connectivity index (χ1n) is 7.29. The van der Waals surface area contributed by atoms with E-state index in [1.165, 1.54) is 0 Å². The molecule has 0 aromatic heterocycles. The molecule has 2 aliphatic rings. The van der Waals surface area contributed by atoms with E-state index in [9.17, 15) is 9.59 Å². The highest BCUT2D eigenvalue weighted by atomic mass is 32.2. The molecule has 2 rings (SSSR count). The fraction of sp³-hybridized carbons (Fsp3) is 0.857. The summed E-state index contributed by atoms with van der Waals surface area (Å²) in [6.07, 6.45) is 1.71. The molecule has 0 aromatic carbocycles. The second kappa shape index (κ2) is 6.35.